The van der Waals surface area contributed by atoms with Crippen LogP contribution in [-0.4, -0.2) is 10.2 Å². The Balaban J connectivity index is 2.51. The van der Waals surface area contributed by atoms with Crippen molar-refractivity contribution in [1.29, 1.82) is 0 Å². The largest absolute Gasteiger partial charge is 0.407 e. The van der Waals surface area contributed by atoms with Crippen molar-refractivity contribution < 1.29 is 4.42 Å². The molecule has 6 heteroatoms. The highest BCUT2D eigenvalue weighted by Gasteiger charge is 2.07. The summed E-state index contributed by atoms with van der Waals surface area (Å²) in [6, 6.07) is 5.66. The summed E-state index contributed by atoms with van der Waals surface area (Å²) in [4.78, 5) is 0. The van der Waals surface area contributed by atoms with Gasteiger partial charge in [-0.3, -0.25) is 0 Å². The molecule has 0 aliphatic carbocycles. The van der Waals surface area contributed by atoms with Crippen LogP contribution in [0.3, 0.4) is 0 Å². The second-order valence-electron chi connectivity index (χ2n) is 2.52. The van der Waals surface area contributed by atoms with Crippen LogP contribution in [0.5, 0.6) is 0 Å². The molecule has 14 heavy (non-hydrogen) atoms. The van der Waals surface area contributed by atoms with Gasteiger partial charge in [0, 0.05) is 14.5 Å². The van der Waals surface area contributed by atoms with Gasteiger partial charge in [-0.1, -0.05) is 37.0 Å². The van der Waals surface area contributed by atoms with Crippen molar-refractivity contribution in [2.45, 2.75) is 0 Å². The van der Waals surface area contributed by atoms with Gasteiger partial charge in [0.15, 0.2) is 0 Å². The number of aromatic nitrogens is 2. The van der Waals surface area contributed by atoms with Crippen molar-refractivity contribution in [2.75, 3.05) is 0 Å². The van der Waals surface area contributed by atoms with E-state index in [2.05, 4.69) is 42.1 Å². The summed E-state index contributed by atoms with van der Waals surface area (Å²) in [5.74, 6) is 0.400. The van der Waals surface area contributed by atoms with E-state index < -0.39 is 0 Å². The van der Waals surface area contributed by atoms with Gasteiger partial charge in [0.05, 0.1) is 0 Å². The summed E-state index contributed by atoms with van der Waals surface area (Å²) >= 11 is 12.3. The Labute approximate surface area is 102 Å². The van der Waals surface area contributed by atoms with E-state index in [1.54, 1.807) is 0 Å². The summed E-state index contributed by atoms with van der Waals surface area (Å²) < 4.78 is 6.94. The highest BCUT2D eigenvalue weighted by atomic mass is 79.9. The average molecular weight is 338 g/mol. The summed E-state index contributed by atoms with van der Waals surface area (Å²) in [6.07, 6.45) is 0. The van der Waals surface area contributed by atoms with Crippen LogP contribution in [0.15, 0.2) is 31.6 Å². The molecular formula is C8H3Br2ClN2O. The van der Waals surface area contributed by atoms with Crippen molar-refractivity contribution >= 4 is 43.5 Å². The summed E-state index contributed by atoms with van der Waals surface area (Å²) in [7, 11) is 0. The normalized spacial score (nSPS) is 10.5. The third-order valence-electron chi connectivity index (χ3n) is 1.51. The zero-order valence-corrected chi connectivity index (χ0v) is 10.6. The van der Waals surface area contributed by atoms with Gasteiger partial charge in [-0.05, 0) is 29.8 Å². The van der Waals surface area contributed by atoms with Crippen LogP contribution in [0.1, 0.15) is 0 Å². The molecular weight excluding hydrogens is 335 g/mol. The number of hydrogen-bond acceptors (Lipinski definition) is 3. The third-order valence-corrected chi connectivity index (χ3v) is 2.58. The first-order valence-electron chi connectivity index (χ1n) is 3.60. The van der Waals surface area contributed by atoms with E-state index in [9.17, 15) is 0 Å². The number of rotatable bonds is 1. The SMILES string of the molecule is Clc1nnc(-c2cc(Br)cc(Br)c2)o1. The maximum absolute atomic E-state index is 5.53. The molecule has 2 rings (SSSR count). The monoisotopic (exact) mass is 336 g/mol. The quantitative estimate of drug-likeness (QED) is 0.791. The van der Waals surface area contributed by atoms with E-state index in [-0.39, 0.29) is 5.35 Å². The molecule has 0 spiro atoms. The van der Waals surface area contributed by atoms with E-state index in [1.807, 2.05) is 18.2 Å². The lowest BCUT2D eigenvalue weighted by molar-refractivity contribution is 0.571. The Kier molecular flexibility index (Phi) is 2.90. The van der Waals surface area contributed by atoms with Gasteiger partial charge >= 0.3 is 5.35 Å². The highest BCUT2D eigenvalue weighted by Crippen LogP contribution is 2.27. The molecule has 1 aromatic carbocycles. The van der Waals surface area contributed by atoms with Gasteiger partial charge in [-0.25, -0.2) is 0 Å². The molecule has 0 fully saturated rings. The molecule has 0 saturated carbocycles. The molecule has 0 atom stereocenters. The molecule has 0 aliphatic rings. The fraction of sp³-hybridized carbons (Fsp3) is 0. The molecule has 0 aliphatic heterocycles. The summed E-state index contributed by atoms with van der Waals surface area (Å²) in [6.45, 7) is 0. The lowest BCUT2D eigenvalue weighted by Crippen LogP contribution is -1.78. The molecule has 0 bridgehead atoms. The van der Waals surface area contributed by atoms with Gasteiger partial charge in [-0.15, -0.1) is 5.10 Å². The number of hydrogen-bond donors (Lipinski definition) is 0. The summed E-state index contributed by atoms with van der Waals surface area (Å²) in [5.41, 5.74) is 0.811. The predicted molar refractivity (Wildman–Crippen MR) is 60.1 cm³/mol. The van der Waals surface area contributed by atoms with E-state index >= 15 is 0 Å². The van der Waals surface area contributed by atoms with Gasteiger partial charge < -0.3 is 4.42 Å². The molecule has 3 nitrogen and oxygen atoms in total. The number of nitrogens with zero attached hydrogens (tertiary/aromatic N) is 2. The fourth-order valence-electron chi connectivity index (χ4n) is 0.999. The van der Waals surface area contributed by atoms with Crippen LogP contribution in [0.25, 0.3) is 11.5 Å². The van der Waals surface area contributed by atoms with Gasteiger partial charge in [0.2, 0.25) is 5.89 Å². The molecule has 0 radical (unpaired) electrons. The third kappa shape index (κ3) is 2.16. The maximum atomic E-state index is 5.53. The Hall–Kier alpha value is -0.390. The Morgan fingerprint density at radius 2 is 1.71 bits per heavy atom. The first-order chi connectivity index (χ1) is 6.65. The second kappa shape index (κ2) is 4.00. The van der Waals surface area contributed by atoms with E-state index in [1.165, 1.54) is 0 Å². The van der Waals surface area contributed by atoms with Crippen molar-refractivity contribution in [3.8, 4) is 11.5 Å². The second-order valence-corrected chi connectivity index (χ2v) is 4.67. The van der Waals surface area contributed by atoms with Crippen LogP contribution in [0.2, 0.25) is 5.35 Å². The number of benzene rings is 1. The Morgan fingerprint density at radius 3 is 2.21 bits per heavy atom. The van der Waals surface area contributed by atoms with Crippen LogP contribution in [-0.2, 0) is 0 Å². The minimum atomic E-state index is 0.0381. The molecule has 1 aromatic heterocycles. The van der Waals surface area contributed by atoms with Crippen molar-refractivity contribution in [3.63, 3.8) is 0 Å². The van der Waals surface area contributed by atoms with Crippen molar-refractivity contribution in [2.24, 2.45) is 0 Å². The van der Waals surface area contributed by atoms with Gasteiger partial charge in [0.25, 0.3) is 0 Å². The summed E-state index contributed by atoms with van der Waals surface area (Å²) in [5, 5.41) is 7.39. The van der Waals surface area contributed by atoms with Crippen LogP contribution in [0.4, 0.5) is 0 Å². The molecule has 0 amide bonds. The molecule has 0 unspecified atom stereocenters. The Morgan fingerprint density at radius 1 is 1.07 bits per heavy atom. The fourth-order valence-corrected chi connectivity index (χ4v) is 2.40. The minimum Gasteiger partial charge on any atom is -0.407 e. The maximum Gasteiger partial charge on any atom is 0.313 e. The molecule has 72 valence electrons. The standard InChI is InChI=1S/C8H3Br2ClN2O/c9-5-1-4(2-6(10)3-5)7-12-13-8(11)14-7/h1-3H. The first kappa shape index (κ1) is 10.1. The zero-order chi connectivity index (χ0) is 10.1. The first-order valence-corrected chi connectivity index (χ1v) is 5.57. The molecule has 1 heterocycles. The van der Waals surface area contributed by atoms with E-state index in [0.29, 0.717) is 5.89 Å². The molecule has 0 N–H and O–H groups in total. The van der Waals surface area contributed by atoms with E-state index in [4.69, 9.17) is 16.0 Å². The average Bonchev–Trinajstić information content (AvgIpc) is 2.50. The van der Waals surface area contributed by atoms with Gasteiger partial charge in [-0.2, -0.15) is 0 Å². The molecule has 0 saturated heterocycles. The predicted octanol–water partition coefficient (Wildman–Crippen LogP) is 3.92. The number of halogens is 3. The topological polar surface area (TPSA) is 38.9 Å². The zero-order valence-electron chi connectivity index (χ0n) is 6.67. The van der Waals surface area contributed by atoms with Crippen LogP contribution < -0.4 is 0 Å². The highest BCUT2D eigenvalue weighted by molar-refractivity contribution is 9.11. The lowest BCUT2D eigenvalue weighted by Gasteiger charge is -1.97. The minimum absolute atomic E-state index is 0.0381. The van der Waals surface area contributed by atoms with Gasteiger partial charge in [0.1, 0.15) is 0 Å². The lowest BCUT2D eigenvalue weighted by atomic mass is 10.2. The van der Waals surface area contributed by atoms with Crippen LogP contribution in [0, 0.1) is 0 Å². The van der Waals surface area contributed by atoms with Crippen molar-refractivity contribution in [1.82, 2.24) is 10.2 Å². The van der Waals surface area contributed by atoms with Crippen LogP contribution >= 0.6 is 43.5 Å². The molecule has 2 aromatic rings. The Bertz CT molecular complexity index is 452. The van der Waals surface area contributed by atoms with E-state index in [0.717, 1.165) is 14.5 Å². The van der Waals surface area contributed by atoms with Crippen molar-refractivity contribution in [3.05, 3.63) is 32.5 Å². The smallest absolute Gasteiger partial charge is 0.313 e.